The number of rotatable bonds is 4. The van der Waals surface area contributed by atoms with Gasteiger partial charge in [-0.05, 0) is 43.2 Å². The second kappa shape index (κ2) is 6.29. The van der Waals surface area contributed by atoms with Crippen LogP contribution in [0.25, 0.3) is 0 Å². The zero-order valence-corrected chi connectivity index (χ0v) is 12.8. The Labute approximate surface area is 125 Å². The predicted molar refractivity (Wildman–Crippen MR) is 82.4 cm³/mol. The van der Waals surface area contributed by atoms with E-state index in [9.17, 15) is 9.59 Å². The minimum Gasteiger partial charge on any atom is -0.481 e. The molecule has 4 heteroatoms. The first-order chi connectivity index (χ1) is 9.90. The summed E-state index contributed by atoms with van der Waals surface area (Å²) in [6, 6.07) is 6.01. The zero-order chi connectivity index (χ0) is 15.6. The highest BCUT2D eigenvalue weighted by Crippen LogP contribution is 2.33. The molecule has 21 heavy (non-hydrogen) atoms. The number of amides is 1. The van der Waals surface area contributed by atoms with Gasteiger partial charge < -0.3 is 10.4 Å². The average molecular weight is 289 g/mol. The molecular weight excluding hydrogens is 266 g/mol. The Kier molecular flexibility index (Phi) is 4.66. The fraction of sp³-hybridized carbons (Fsp3) is 0.529. The molecule has 2 rings (SSSR count). The van der Waals surface area contributed by atoms with Crippen LogP contribution in [0.4, 0.5) is 5.69 Å². The molecule has 114 valence electrons. The first kappa shape index (κ1) is 15.5. The van der Waals surface area contributed by atoms with Gasteiger partial charge in [0.05, 0.1) is 5.92 Å². The van der Waals surface area contributed by atoms with E-state index in [1.54, 1.807) is 0 Å². The highest BCUT2D eigenvalue weighted by atomic mass is 16.4. The number of hydrogen-bond donors (Lipinski definition) is 2. The first-order valence-electron chi connectivity index (χ1n) is 7.53. The molecule has 0 bridgehead atoms. The van der Waals surface area contributed by atoms with Crippen LogP contribution in [0.1, 0.15) is 50.2 Å². The Bertz CT molecular complexity index is 551. The number of aryl methyl sites for hydroxylation is 1. The van der Waals surface area contributed by atoms with Gasteiger partial charge in [0, 0.05) is 11.6 Å². The Hall–Kier alpha value is -1.84. The van der Waals surface area contributed by atoms with Gasteiger partial charge in [-0.2, -0.15) is 0 Å². The second-order valence-corrected chi connectivity index (χ2v) is 6.23. The lowest BCUT2D eigenvalue weighted by atomic mass is 9.97. The van der Waals surface area contributed by atoms with Gasteiger partial charge in [-0.3, -0.25) is 9.59 Å². The van der Waals surface area contributed by atoms with Crippen molar-refractivity contribution in [2.45, 2.75) is 46.0 Å². The summed E-state index contributed by atoms with van der Waals surface area (Å²) in [6.07, 6.45) is 1.70. The third-order valence-electron chi connectivity index (χ3n) is 4.33. The molecular formula is C17H23NO3. The average Bonchev–Trinajstić information content (AvgIpc) is 2.90. The highest BCUT2D eigenvalue weighted by molar-refractivity contribution is 5.94. The Morgan fingerprint density at radius 3 is 2.48 bits per heavy atom. The summed E-state index contributed by atoms with van der Waals surface area (Å²) < 4.78 is 0. The lowest BCUT2D eigenvalue weighted by molar-refractivity contribution is -0.141. The molecule has 0 aromatic heterocycles. The molecule has 0 aliphatic heterocycles. The van der Waals surface area contributed by atoms with E-state index in [0.717, 1.165) is 16.8 Å². The summed E-state index contributed by atoms with van der Waals surface area (Å²) in [5, 5.41) is 12.1. The molecule has 4 nitrogen and oxygen atoms in total. The number of aliphatic carboxylic acids is 1. The minimum atomic E-state index is -0.788. The number of benzene rings is 1. The molecule has 2 N–H and O–H groups in total. The van der Waals surface area contributed by atoms with E-state index in [0.29, 0.717) is 25.2 Å². The maximum absolute atomic E-state index is 12.4. The molecule has 1 aliphatic carbocycles. The molecule has 1 fully saturated rings. The van der Waals surface area contributed by atoms with Crippen molar-refractivity contribution in [3.05, 3.63) is 29.3 Å². The van der Waals surface area contributed by atoms with Crippen molar-refractivity contribution in [2.24, 2.45) is 11.8 Å². The number of para-hydroxylation sites is 1. The van der Waals surface area contributed by atoms with Crippen LogP contribution in [0.2, 0.25) is 0 Å². The van der Waals surface area contributed by atoms with Crippen molar-refractivity contribution in [1.82, 2.24) is 0 Å². The van der Waals surface area contributed by atoms with Gasteiger partial charge in [-0.15, -0.1) is 0 Å². The highest BCUT2D eigenvalue weighted by Gasteiger charge is 2.34. The zero-order valence-electron chi connectivity index (χ0n) is 12.8. The summed E-state index contributed by atoms with van der Waals surface area (Å²) in [5.74, 6) is -1.07. The van der Waals surface area contributed by atoms with Crippen molar-refractivity contribution in [1.29, 1.82) is 0 Å². The van der Waals surface area contributed by atoms with Crippen molar-refractivity contribution in [3.8, 4) is 0 Å². The number of hydrogen-bond acceptors (Lipinski definition) is 2. The third-order valence-corrected chi connectivity index (χ3v) is 4.33. The molecule has 1 saturated carbocycles. The van der Waals surface area contributed by atoms with E-state index >= 15 is 0 Å². The predicted octanol–water partition coefficient (Wildman–Crippen LogP) is 3.56. The Balaban J connectivity index is 2.12. The summed E-state index contributed by atoms with van der Waals surface area (Å²) in [5.41, 5.74) is 3.05. The SMILES string of the molecule is Cc1cccc(C(C)C)c1NC(=O)[C@@H]1CC[C@H](C(=O)O)C1. The second-order valence-electron chi connectivity index (χ2n) is 6.23. The number of carbonyl (C=O) groups is 2. The van der Waals surface area contributed by atoms with Gasteiger partial charge in [-0.25, -0.2) is 0 Å². The quantitative estimate of drug-likeness (QED) is 0.890. The van der Waals surface area contributed by atoms with E-state index in [4.69, 9.17) is 5.11 Å². The van der Waals surface area contributed by atoms with Gasteiger partial charge in [0.2, 0.25) is 5.91 Å². The van der Waals surface area contributed by atoms with Crippen LogP contribution in [0.5, 0.6) is 0 Å². The van der Waals surface area contributed by atoms with E-state index in [2.05, 4.69) is 19.2 Å². The molecule has 1 aromatic carbocycles. The number of anilines is 1. The normalized spacial score (nSPS) is 21.5. The molecule has 0 spiro atoms. The van der Waals surface area contributed by atoms with Gasteiger partial charge in [0.1, 0.15) is 0 Å². The lowest BCUT2D eigenvalue weighted by Gasteiger charge is -2.18. The maximum Gasteiger partial charge on any atom is 0.306 e. The summed E-state index contributed by atoms with van der Waals surface area (Å²) in [7, 11) is 0. The molecule has 2 atom stereocenters. The molecule has 1 aliphatic rings. The summed E-state index contributed by atoms with van der Waals surface area (Å²) >= 11 is 0. The third kappa shape index (κ3) is 3.43. The number of carboxylic acids is 1. The molecule has 0 heterocycles. The van der Waals surface area contributed by atoms with Crippen molar-refractivity contribution in [3.63, 3.8) is 0 Å². The Morgan fingerprint density at radius 1 is 1.24 bits per heavy atom. The maximum atomic E-state index is 12.4. The fourth-order valence-electron chi connectivity index (χ4n) is 3.01. The monoisotopic (exact) mass is 289 g/mol. The van der Waals surface area contributed by atoms with Crippen molar-refractivity contribution < 1.29 is 14.7 Å². The van der Waals surface area contributed by atoms with Crippen LogP contribution in [0.15, 0.2) is 18.2 Å². The molecule has 0 unspecified atom stereocenters. The standard InChI is InChI=1S/C17H23NO3/c1-10(2)14-6-4-5-11(3)15(14)18-16(19)12-7-8-13(9-12)17(20)21/h4-6,10,12-13H,7-9H2,1-3H3,(H,18,19)(H,20,21)/t12-,13+/m1/s1. The Morgan fingerprint density at radius 2 is 1.90 bits per heavy atom. The van der Waals surface area contributed by atoms with Crippen LogP contribution < -0.4 is 5.32 Å². The number of carbonyl (C=O) groups excluding carboxylic acids is 1. The van der Waals surface area contributed by atoms with E-state index in [1.807, 2.05) is 25.1 Å². The smallest absolute Gasteiger partial charge is 0.306 e. The van der Waals surface area contributed by atoms with E-state index in [-0.39, 0.29) is 17.7 Å². The van der Waals surface area contributed by atoms with Gasteiger partial charge in [0.15, 0.2) is 0 Å². The topological polar surface area (TPSA) is 66.4 Å². The van der Waals surface area contributed by atoms with E-state index in [1.165, 1.54) is 0 Å². The van der Waals surface area contributed by atoms with Crippen molar-refractivity contribution >= 4 is 17.6 Å². The van der Waals surface area contributed by atoms with E-state index < -0.39 is 5.97 Å². The molecule has 1 aromatic rings. The van der Waals surface area contributed by atoms with Crippen LogP contribution >= 0.6 is 0 Å². The largest absolute Gasteiger partial charge is 0.481 e. The molecule has 1 amide bonds. The van der Waals surface area contributed by atoms with Gasteiger partial charge in [0.25, 0.3) is 0 Å². The van der Waals surface area contributed by atoms with Gasteiger partial charge >= 0.3 is 5.97 Å². The minimum absolute atomic E-state index is 0.0463. The van der Waals surface area contributed by atoms with Crippen molar-refractivity contribution in [2.75, 3.05) is 5.32 Å². The number of carboxylic acid groups (broad SMARTS) is 1. The summed E-state index contributed by atoms with van der Waals surface area (Å²) in [4.78, 5) is 23.4. The van der Waals surface area contributed by atoms with Crippen LogP contribution in [-0.4, -0.2) is 17.0 Å². The number of nitrogens with one attached hydrogen (secondary N) is 1. The van der Waals surface area contributed by atoms with Gasteiger partial charge in [-0.1, -0.05) is 32.0 Å². The van der Waals surface area contributed by atoms with Crippen LogP contribution in [0, 0.1) is 18.8 Å². The first-order valence-corrected chi connectivity index (χ1v) is 7.53. The molecule has 0 saturated heterocycles. The summed E-state index contributed by atoms with van der Waals surface area (Å²) in [6.45, 7) is 6.18. The fourth-order valence-corrected chi connectivity index (χ4v) is 3.01. The molecule has 0 radical (unpaired) electrons. The lowest BCUT2D eigenvalue weighted by Crippen LogP contribution is -2.23. The van der Waals surface area contributed by atoms with Crippen LogP contribution in [0.3, 0.4) is 0 Å². The van der Waals surface area contributed by atoms with Crippen LogP contribution in [-0.2, 0) is 9.59 Å².